The molecule has 0 aromatic heterocycles. The van der Waals surface area contributed by atoms with E-state index in [4.69, 9.17) is 9.22 Å². The lowest BCUT2D eigenvalue weighted by Crippen LogP contribution is -1.75. The van der Waals surface area contributed by atoms with Gasteiger partial charge in [0.2, 0.25) is 0 Å². The van der Waals surface area contributed by atoms with E-state index in [9.17, 15) is 4.79 Å². The van der Waals surface area contributed by atoms with E-state index in [2.05, 4.69) is 0 Å². The Balaban J connectivity index is 0. The highest BCUT2D eigenvalue weighted by atomic mass is 16.2. The van der Waals surface area contributed by atoms with E-state index in [0.29, 0.717) is 12.8 Å². The summed E-state index contributed by atoms with van der Waals surface area (Å²) in [5.74, 6) is 0. The van der Waals surface area contributed by atoms with Gasteiger partial charge >= 0.3 is 0 Å². The van der Waals surface area contributed by atoms with E-state index in [1.165, 1.54) is 0 Å². The average Bonchev–Trinajstić information content (AvgIpc) is 1.84. The van der Waals surface area contributed by atoms with Crippen LogP contribution in [-0.4, -0.2) is 17.9 Å². The van der Waals surface area contributed by atoms with Crippen LogP contribution in [0.5, 0.6) is 0 Å². The van der Waals surface area contributed by atoms with Crippen LogP contribution in [0, 0.1) is 0 Å². The summed E-state index contributed by atoms with van der Waals surface area (Å²) < 4.78 is 19.4. The summed E-state index contributed by atoms with van der Waals surface area (Å²) in [7, 11) is 0. The molecule has 0 fully saturated rings. The van der Waals surface area contributed by atoms with Crippen LogP contribution in [0.15, 0.2) is 0 Å². The Kier molecular flexibility index (Phi) is 10.1. The first-order chi connectivity index (χ1) is 5.83. The third-order valence-electron chi connectivity index (χ3n) is 0.714. The van der Waals surface area contributed by atoms with Gasteiger partial charge in [0, 0.05) is 13.0 Å². The Labute approximate surface area is 67.5 Å². The van der Waals surface area contributed by atoms with Crippen LogP contribution < -0.4 is 0 Å². The van der Waals surface area contributed by atoms with Crippen LogP contribution in [0.25, 0.3) is 0 Å². The third-order valence-corrected chi connectivity index (χ3v) is 0.714. The number of aldehydes is 1. The molecule has 0 heterocycles. The third kappa shape index (κ3) is 25.5. The second-order valence-corrected chi connectivity index (χ2v) is 1.80. The second kappa shape index (κ2) is 15.9. The zero-order valence-corrected chi connectivity index (χ0v) is 6.68. The molecule has 2 heteroatoms. The van der Waals surface area contributed by atoms with Crippen molar-refractivity contribution in [1.82, 2.24) is 0 Å². The predicted molar refractivity (Wildman–Crippen MR) is 43.0 cm³/mol. The second-order valence-electron chi connectivity index (χ2n) is 1.80. The van der Waals surface area contributed by atoms with Gasteiger partial charge in [-0.1, -0.05) is 20.3 Å². The lowest BCUT2D eigenvalue weighted by molar-refractivity contribution is -0.107. The minimum atomic E-state index is -1.95. The smallest absolute Gasteiger partial charge is 0.119 e. The van der Waals surface area contributed by atoms with Crippen LogP contribution in [-0.2, 0) is 4.79 Å². The minimum absolute atomic E-state index is 0.229. The molecule has 0 spiro atoms. The number of rotatable bonds is 4. The first-order valence-corrected chi connectivity index (χ1v) is 3.55. The molecule has 0 saturated heterocycles. The summed E-state index contributed by atoms with van der Waals surface area (Å²) in [6.07, 6.45) is 1.65. The van der Waals surface area contributed by atoms with Crippen molar-refractivity contribution in [3.63, 3.8) is 0 Å². The average molecular weight is 149 g/mol. The maximum atomic E-state index is 9.71. The summed E-state index contributed by atoms with van der Waals surface area (Å²) in [5.41, 5.74) is 0. The van der Waals surface area contributed by atoms with Gasteiger partial charge in [-0.15, -0.1) is 0 Å². The SMILES string of the molecule is [2H]C(=O)CCC.[2H]C([2H])(O)CCC. The number of carbonyl (C=O) groups is 1. The molecule has 0 aliphatic heterocycles. The van der Waals surface area contributed by atoms with Crippen LogP contribution >= 0.6 is 0 Å². The van der Waals surface area contributed by atoms with Gasteiger partial charge in [0.1, 0.15) is 7.63 Å². The lowest BCUT2D eigenvalue weighted by atomic mass is 10.4. The molecule has 0 aromatic carbocycles. The summed E-state index contributed by atoms with van der Waals surface area (Å²) in [6.45, 7) is 1.76. The molecule has 0 aliphatic rings. The van der Waals surface area contributed by atoms with Crippen molar-refractivity contribution in [2.24, 2.45) is 0 Å². The molecule has 0 rings (SSSR count). The van der Waals surface area contributed by atoms with Crippen molar-refractivity contribution in [2.45, 2.75) is 39.5 Å². The van der Waals surface area contributed by atoms with Crippen molar-refractivity contribution >= 4 is 6.26 Å². The van der Waals surface area contributed by atoms with Crippen molar-refractivity contribution in [1.29, 1.82) is 0 Å². The Hall–Kier alpha value is -0.370. The zero-order chi connectivity index (χ0) is 10.9. The van der Waals surface area contributed by atoms with E-state index in [0.717, 1.165) is 6.42 Å². The van der Waals surface area contributed by atoms with Gasteiger partial charge in [0.15, 0.2) is 0 Å². The van der Waals surface area contributed by atoms with Gasteiger partial charge < -0.3 is 9.90 Å². The molecule has 10 heavy (non-hydrogen) atoms. The molecule has 1 N–H and O–H groups in total. The highest BCUT2D eigenvalue weighted by Gasteiger charge is 1.69. The van der Waals surface area contributed by atoms with Crippen molar-refractivity contribution < 1.29 is 14.0 Å². The van der Waals surface area contributed by atoms with Gasteiger partial charge in [0.05, 0.1) is 2.74 Å². The molecule has 0 unspecified atom stereocenters. The maximum absolute atomic E-state index is 9.71. The lowest BCUT2D eigenvalue weighted by Gasteiger charge is -1.79. The fourth-order valence-electron chi connectivity index (χ4n) is 0.214. The van der Waals surface area contributed by atoms with E-state index < -0.39 is 12.8 Å². The van der Waals surface area contributed by atoms with E-state index in [-0.39, 0.29) is 6.42 Å². The Morgan fingerprint density at radius 2 is 2.20 bits per heavy atom. The Bertz CT molecular complexity index is 132. The first kappa shape index (κ1) is 6.35. The van der Waals surface area contributed by atoms with Crippen molar-refractivity contribution in [2.75, 3.05) is 6.56 Å². The first-order valence-electron chi connectivity index (χ1n) is 5.05. The largest absolute Gasteiger partial charge is 0.396 e. The summed E-state index contributed by atoms with van der Waals surface area (Å²) in [6, 6.07) is 0. The maximum Gasteiger partial charge on any atom is 0.119 e. The van der Waals surface area contributed by atoms with E-state index in [1.54, 1.807) is 0 Å². The van der Waals surface area contributed by atoms with Gasteiger partial charge in [-0.05, 0) is 12.8 Å². The zero-order valence-electron chi connectivity index (χ0n) is 9.68. The molecule has 2 nitrogen and oxygen atoms in total. The molecule has 0 aromatic rings. The fourth-order valence-corrected chi connectivity index (χ4v) is 0.214. The van der Waals surface area contributed by atoms with E-state index >= 15 is 0 Å². The van der Waals surface area contributed by atoms with Crippen molar-refractivity contribution in [3.05, 3.63) is 0 Å². The standard InChI is InChI=1S/C4H10O.C4H8O/c2*1-2-3-4-5/h5H,2-4H2,1H3;4H,2-3H2,1H3/i4D2;4D. The van der Waals surface area contributed by atoms with Gasteiger partial charge in [0.25, 0.3) is 0 Å². The molecule has 0 atom stereocenters. The van der Waals surface area contributed by atoms with Crippen LogP contribution in [0.3, 0.4) is 0 Å². The monoisotopic (exact) mass is 149 g/mol. The molecule has 0 aliphatic carbocycles. The predicted octanol–water partition coefficient (Wildman–Crippen LogP) is 1.76. The number of aliphatic hydroxyl groups is 1. The highest BCUT2D eigenvalue weighted by molar-refractivity contribution is 5.48. The molecule has 0 bridgehead atoms. The highest BCUT2D eigenvalue weighted by Crippen LogP contribution is 1.78. The normalized spacial score (nSPS) is 13.7. The molecule has 62 valence electrons. The van der Waals surface area contributed by atoms with E-state index in [1.807, 2.05) is 13.8 Å². The van der Waals surface area contributed by atoms with Crippen molar-refractivity contribution in [3.8, 4) is 0 Å². The van der Waals surface area contributed by atoms with Gasteiger partial charge in [-0.25, -0.2) is 0 Å². The van der Waals surface area contributed by atoms with Crippen LogP contribution in [0.2, 0.25) is 0 Å². The number of carbonyl (C=O) groups excluding carboxylic acids is 1. The van der Waals surface area contributed by atoms with Gasteiger partial charge in [-0.3, -0.25) is 0 Å². The quantitative estimate of drug-likeness (QED) is 0.618. The Morgan fingerprint density at radius 3 is 2.20 bits per heavy atom. The Morgan fingerprint density at radius 1 is 1.60 bits per heavy atom. The molecule has 0 saturated carbocycles. The number of hydrogen-bond acceptors (Lipinski definition) is 2. The van der Waals surface area contributed by atoms with Gasteiger partial charge in [-0.2, -0.15) is 0 Å². The summed E-state index contributed by atoms with van der Waals surface area (Å²) >= 11 is 0. The molecular weight excluding hydrogens is 128 g/mol. The molecule has 0 amide bonds. The summed E-state index contributed by atoms with van der Waals surface area (Å²) in [5, 5.41) is 8.35. The van der Waals surface area contributed by atoms with Crippen LogP contribution in [0.4, 0.5) is 0 Å². The number of hydrogen-bond donors (Lipinski definition) is 1. The topological polar surface area (TPSA) is 37.3 Å². The van der Waals surface area contributed by atoms with Crippen LogP contribution in [0.1, 0.15) is 43.6 Å². The molecular formula is C8H18O2. The fraction of sp³-hybridized carbons (Fsp3) is 0.875. The molecule has 0 radical (unpaired) electrons. The summed E-state index contributed by atoms with van der Waals surface area (Å²) in [4.78, 5) is 9.71. The minimum Gasteiger partial charge on any atom is -0.396 e.